The van der Waals surface area contributed by atoms with E-state index in [1.165, 1.54) is 0 Å². The lowest BCUT2D eigenvalue weighted by atomic mass is 9.83. The Morgan fingerprint density at radius 1 is 1.16 bits per heavy atom. The van der Waals surface area contributed by atoms with E-state index in [-0.39, 0.29) is 17.2 Å². The molecule has 4 nitrogen and oxygen atoms in total. The monoisotopic (exact) mass is 574 g/mol. The van der Waals surface area contributed by atoms with Crippen LogP contribution in [0.1, 0.15) is 61.3 Å². The molecule has 3 aliphatic heterocycles. The normalized spacial score (nSPS) is 22.2. The number of fused-ring (bicyclic) bond motifs is 2. The zero-order valence-corrected chi connectivity index (χ0v) is 22.3. The predicted octanol–water partition coefficient (Wildman–Crippen LogP) is 7.58. The van der Waals surface area contributed by atoms with Gasteiger partial charge in [0.25, 0.3) is 0 Å². The van der Waals surface area contributed by atoms with Crippen LogP contribution in [0.3, 0.4) is 0 Å². The molecular weight excluding hydrogens is 551 g/mol. The van der Waals surface area contributed by atoms with Gasteiger partial charge >= 0.3 is 6.18 Å². The van der Waals surface area contributed by atoms with Crippen LogP contribution in [0.2, 0.25) is 10.0 Å². The summed E-state index contributed by atoms with van der Waals surface area (Å²) >= 11 is 12.0. The van der Waals surface area contributed by atoms with Crippen LogP contribution < -0.4 is 0 Å². The molecule has 0 aromatic heterocycles. The molecular formula is C26H24Cl2F4N2O2S. The highest BCUT2D eigenvalue weighted by molar-refractivity contribution is 7.99. The van der Waals surface area contributed by atoms with E-state index >= 15 is 0 Å². The molecule has 1 spiro atoms. The molecule has 0 N–H and O–H groups in total. The van der Waals surface area contributed by atoms with Crippen molar-refractivity contribution in [2.45, 2.75) is 62.2 Å². The molecule has 11 heteroatoms. The van der Waals surface area contributed by atoms with Crippen LogP contribution in [0.5, 0.6) is 0 Å². The third-order valence-electron chi connectivity index (χ3n) is 7.31. The highest BCUT2D eigenvalue weighted by atomic mass is 35.5. The van der Waals surface area contributed by atoms with Crippen molar-refractivity contribution < 1.29 is 27.1 Å². The van der Waals surface area contributed by atoms with E-state index in [0.29, 0.717) is 43.6 Å². The van der Waals surface area contributed by atoms with Crippen molar-refractivity contribution in [2.75, 3.05) is 13.1 Å². The first-order chi connectivity index (χ1) is 17.5. The van der Waals surface area contributed by atoms with Gasteiger partial charge in [0.2, 0.25) is 5.91 Å². The summed E-state index contributed by atoms with van der Waals surface area (Å²) in [5, 5.41) is -0.947. The van der Waals surface area contributed by atoms with Crippen molar-refractivity contribution in [1.82, 2.24) is 4.90 Å². The molecule has 1 saturated heterocycles. The van der Waals surface area contributed by atoms with Crippen molar-refractivity contribution in [2.24, 2.45) is 4.40 Å². The van der Waals surface area contributed by atoms with E-state index in [9.17, 15) is 22.4 Å². The number of halogens is 6. The van der Waals surface area contributed by atoms with Gasteiger partial charge in [0.15, 0.2) is 10.6 Å². The minimum absolute atomic E-state index is 0.120. The average Bonchev–Trinajstić information content (AvgIpc) is 3.44. The minimum atomic E-state index is -4.70. The standard InChI is InChI=1S/C26H24Cl2F4N2O2S/c1-2-3-4-5-22(35)34-13-24(14-34)18-7-6-15(8-16(18)12-36-24)21-11-25(37-33-21,26(30,31)32)17-9-19(27)23(29)20(28)10-17/h6-10H,2-5,11-14H2,1H3/t25-/m0/s1. The molecule has 3 heterocycles. The van der Waals surface area contributed by atoms with Crippen molar-refractivity contribution in [1.29, 1.82) is 0 Å². The Bertz CT molecular complexity index is 1260. The SMILES string of the molecule is CCCCCC(=O)N1CC2(C1)OCc1cc(C3=NS[C@@](c4cc(Cl)c(F)c(Cl)c4)(C(F)(F)F)C3)ccc12. The zero-order valence-electron chi connectivity index (χ0n) is 19.9. The summed E-state index contributed by atoms with van der Waals surface area (Å²) < 4.78 is 65.0. The lowest BCUT2D eigenvalue weighted by Crippen LogP contribution is -2.61. The summed E-state index contributed by atoms with van der Waals surface area (Å²) in [5.41, 5.74) is 1.85. The number of hydrogen-bond donors (Lipinski definition) is 0. The van der Waals surface area contributed by atoms with Gasteiger partial charge in [0, 0.05) is 12.8 Å². The molecule has 0 bridgehead atoms. The van der Waals surface area contributed by atoms with Gasteiger partial charge in [0.05, 0.1) is 35.5 Å². The summed E-state index contributed by atoms with van der Waals surface area (Å²) in [6, 6.07) is 7.36. The van der Waals surface area contributed by atoms with Crippen LogP contribution in [0.25, 0.3) is 0 Å². The minimum Gasteiger partial charge on any atom is -0.362 e. The number of carbonyl (C=O) groups excluding carboxylic acids is 1. The van der Waals surface area contributed by atoms with E-state index in [2.05, 4.69) is 11.3 Å². The van der Waals surface area contributed by atoms with Crippen molar-refractivity contribution in [3.63, 3.8) is 0 Å². The number of carbonyl (C=O) groups is 1. The molecule has 5 rings (SSSR count). The topological polar surface area (TPSA) is 41.9 Å². The number of alkyl halides is 3. The number of benzene rings is 2. The number of hydrogen-bond acceptors (Lipinski definition) is 4. The van der Waals surface area contributed by atoms with Gasteiger partial charge in [0.1, 0.15) is 5.60 Å². The molecule has 1 fully saturated rings. The molecule has 198 valence electrons. The molecule has 1 amide bonds. The fourth-order valence-electron chi connectivity index (χ4n) is 5.17. The van der Waals surface area contributed by atoms with Crippen LogP contribution in [-0.2, 0) is 26.5 Å². The Morgan fingerprint density at radius 2 is 1.86 bits per heavy atom. The van der Waals surface area contributed by atoms with E-state index in [1.807, 2.05) is 12.1 Å². The lowest BCUT2D eigenvalue weighted by molar-refractivity contribution is -0.168. The predicted molar refractivity (Wildman–Crippen MR) is 137 cm³/mol. The largest absolute Gasteiger partial charge is 0.409 e. The summed E-state index contributed by atoms with van der Waals surface area (Å²) in [5.74, 6) is -0.840. The molecule has 2 aromatic carbocycles. The number of nitrogens with zero attached hydrogens (tertiary/aromatic N) is 2. The van der Waals surface area contributed by atoms with Gasteiger partial charge in [-0.2, -0.15) is 13.2 Å². The number of unbranched alkanes of at least 4 members (excludes halogenated alkanes) is 2. The maximum Gasteiger partial charge on any atom is 0.409 e. The molecule has 1 atom stereocenters. The fourth-order valence-corrected chi connectivity index (χ4v) is 6.62. The van der Waals surface area contributed by atoms with Crippen molar-refractivity contribution in [3.05, 3.63) is 68.4 Å². The first-order valence-electron chi connectivity index (χ1n) is 12.0. The fraction of sp³-hybridized carbons (Fsp3) is 0.462. The summed E-state index contributed by atoms with van der Waals surface area (Å²) in [7, 11) is 0. The first kappa shape index (κ1) is 26.8. The summed E-state index contributed by atoms with van der Waals surface area (Å²) in [6.07, 6.45) is -1.68. The van der Waals surface area contributed by atoms with Gasteiger partial charge in [-0.25, -0.2) is 8.79 Å². The Hall–Kier alpha value is -1.81. The molecule has 0 radical (unpaired) electrons. The van der Waals surface area contributed by atoms with E-state index in [0.717, 1.165) is 42.5 Å². The number of amides is 1. The molecule has 0 saturated carbocycles. The smallest absolute Gasteiger partial charge is 0.362 e. The number of likely N-dealkylation sites (tertiary alicyclic amines) is 1. The van der Waals surface area contributed by atoms with Gasteiger partial charge in [-0.3, -0.25) is 4.79 Å². The van der Waals surface area contributed by atoms with Gasteiger partial charge in [-0.05, 0) is 58.8 Å². The molecule has 0 unspecified atom stereocenters. The van der Waals surface area contributed by atoms with E-state index in [1.54, 1.807) is 11.0 Å². The van der Waals surface area contributed by atoms with Crippen LogP contribution in [0.4, 0.5) is 17.6 Å². The lowest BCUT2D eigenvalue weighted by Gasteiger charge is -2.47. The second kappa shape index (κ2) is 9.74. The maximum absolute atomic E-state index is 14.4. The van der Waals surface area contributed by atoms with Gasteiger partial charge in [-0.1, -0.05) is 55.1 Å². The molecule has 0 aliphatic carbocycles. The second-order valence-electron chi connectivity index (χ2n) is 9.75. The van der Waals surface area contributed by atoms with Crippen LogP contribution >= 0.6 is 35.1 Å². The maximum atomic E-state index is 14.4. The number of ether oxygens (including phenoxy) is 1. The van der Waals surface area contributed by atoms with Crippen molar-refractivity contribution >= 4 is 46.8 Å². The van der Waals surface area contributed by atoms with Gasteiger partial charge < -0.3 is 9.64 Å². The first-order valence-corrected chi connectivity index (χ1v) is 13.5. The highest BCUT2D eigenvalue weighted by Gasteiger charge is 2.60. The third-order valence-corrected chi connectivity index (χ3v) is 9.09. The Kier molecular flexibility index (Phi) is 7.05. The molecule has 2 aromatic rings. The Labute approximate surface area is 226 Å². The van der Waals surface area contributed by atoms with Crippen LogP contribution in [0.15, 0.2) is 34.7 Å². The number of rotatable bonds is 6. The summed E-state index contributed by atoms with van der Waals surface area (Å²) in [6.45, 7) is 3.36. The van der Waals surface area contributed by atoms with E-state index < -0.39 is 38.8 Å². The zero-order chi connectivity index (χ0) is 26.6. The van der Waals surface area contributed by atoms with E-state index in [4.69, 9.17) is 27.9 Å². The Morgan fingerprint density at radius 3 is 2.51 bits per heavy atom. The third kappa shape index (κ3) is 4.56. The Balaban J connectivity index is 1.35. The quantitative estimate of drug-likeness (QED) is 0.154. The van der Waals surface area contributed by atoms with Crippen LogP contribution in [-0.4, -0.2) is 35.8 Å². The highest BCUT2D eigenvalue weighted by Crippen LogP contribution is 2.57. The van der Waals surface area contributed by atoms with Crippen molar-refractivity contribution in [3.8, 4) is 0 Å². The summed E-state index contributed by atoms with van der Waals surface area (Å²) in [4.78, 5) is 14.2. The second-order valence-corrected chi connectivity index (χ2v) is 11.6. The van der Waals surface area contributed by atoms with Crippen LogP contribution in [0, 0.1) is 5.82 Å². The van der Waals surface area contributed by atoms with Gasteiger partial charge in [-0.15, -0.1) is 0 Å². The average molecular weight is 575 g/mol. The molecule has 37 heavy (non-hydrogen) atoms. The molecule has 3 aliphatic rings.